The van der Waals surface area contributed by atoms with Crippen LogP contribution in [0.3, 0.4) is 0 Å². The zero-order valence-electron chi connectivity index (χ0n) is 10.9. The van der Waals surface area contributed by atoms with E-state index in [0.717, 1.165) is 20.5 Å². The van der Waals surface area contributed by atoms with Crippen LogP contribution in [0, 0.1) is 6.92 Å². The molecule has 0 bridgehead atoms. The number of nitrogens with zero attached hydrogens (tertiary/aromatic N) is 4. The van der Waals surface area contributed by atoms with Crippen molar-refractivity contribution in [3.8, 4) is 0 Å². The fourth-order valence-corrected chi connectivity index (χ4v) is 3.39. The Balaban J connectivity index is 2.15. The first-order valence-electron chi connectivity index (χ1n) is 5.91. The summed E-state index contributed by atoms with van der Waals surface area (Å²) in [4.78, 5) is 8.42. The van der Waals surface area contributed by atoms with Crippen molar-refractivity contribution in [2.45, 2.75) is 37.3 Å². The number of halogens is 3. The van der Waals surface area contributed by atoms with Gasteiger partial charge in [-0.05, 0) is 12.7 Å². The van der Waals surface area contributed by atoms with Crippen LogP contribution in [0.25, 0.3) is 0 Å². The van der Waals surface area contributed by atoms with Crippen LogP contribution >= 0.6 is 23.1 Å². The third kappa shape index (κ3) is 4.20. The molecule has 110 valence electrons. The highest BCUT2D eigenvalue weighted by atomic mass is 32.2. The predicted molar refractivity (Wildman–Crippen MR) is 72.1 cm³/mol. The van der Waals surface area contributed by atoms with Gasteiger partial charge in [0.1, 0.15) is 22.5 Å². The number of thioether (sulfide) groups is 1. The van der Waals surface area contributed by atoms with Crippen LogP contribution in [0.15, 0.2) is 9.72 Å². The van der Waals surface area contributed by atoms with Crippen LogP contribution in [0.5, 0.6) is 0 Å². The van der Waals surface area contributed by atoms with Crippen molar-refractivity contribution in [2.24, 2.45) is 0 Å². The summed E-state index contributed by atoms with van der Waals surface area (Å²) in [6.45, 7) is 2.48. The van der Waals surface area contributed by atoms with E-state index in [1.54, 1.807) is 18.7 Å². The second-order valence-electron chi connectivity index (χ2n) is 4.06. The minimum Gasteiger partial charge on any atom is -0.240 e. The molecule has 0 aliphatic rings. The molecular weight excluding hydrogens is 309 g/mol. The van der Waals surface area contributed by atoms with Gasteiger partial charge in [0.25, 0.3) is 0 Å². The summed E-state index contributed by atoms with van der Waals surface area (Å²) in [5.74, 6) is 1.54. The molecule has 2 heterocycles. The molecular formula is C11H13F3N4S2. The Kier molecular flexibility index (Phi) is 4.69. The van der Waals surface area contributed by atoms with Crippen molar-refractivity contribution in [2.75, 3.05) is 5.75 Å². The number of aromatic nitrogens is 4. The maximum absolute atomic E-state index is 12.5. The zero-order chi connectivity index (χ0) is 14.8. The van der Waals surface area contributed by atoms with E-state index >= 15 is 0 Å². The van der Waals surface area contributed by atoms with Crippen LogP contribution in [-0.2, 0) is 13.0 Å². The smallest absolute Gasteiger partial charge is 0.240 e. The lowest BCUT2D eigenvalue weighted by atomic mass is 10.3. The van der Waals surface area contributed by atoms with Gasteiger partial charge >= 0.3 is 6.18 Å². The highest BCUT2D eigenvalue weighted by Gasteiger charge is 2.30. The first-order chi connectivity index (χ1) is 9.37. The minimum absolute atomic E-state index is 0.262. The number of rotatable bonds is 5. The molecule has 0 spiro atoms. The lowest BCUT2D eigenvalue weighted by Gasteiger charge is -2.08. The third-order valence-electron chi connectivity index (χ3n) is 2.32. The summed E-state index contributed by atoms with van der Waals surface area (Å²) >= 11 is 3.10. The van der Waals surface area contributed by atoms with Crippen molar-refractivity contribution >= 4 is 23.1 Å². The maximum Gasteiger partial charge on any atom is 0.408 e. The molecule has 4 nitrogen and oxygen atoms in total. The van der Waals surface area contributed by atoms with Gasteiger partial charge in [-0.3, -0.25) is 0 Å². The minimum atomic E-state index is -4.31. The largest absolute Gasteiger partial charge is 0.408 e. The quantitative estimate of drug-likeness (QED) is 0.792. The fourth-order valence-electron chi connectivity index (χ4n) is 1.65. The fraction of sp³-hybridized carbons (Fsp3) is 0.545. The predicted octanol–water partition coefficient (Wildman–Crippen LogP) is 3.31. The highest BCUT2D eigenvalue weighted by molar-refractivity contribution is 8.00. The molecule has 0 atom stereocenters. The zero-order valence-corrected chi connectivity index (χ0v) is 12.6. The van der Waals surface area contributed by atoms with Crippen LogP contribution in [0.4, 0.5) is 13.2 Å². The maximum atomic E-state index is 12.5. The van der Waals surface area contributed by atoms with E-state index in [0.29, 0.717) is 5.82 Å². The van der Waals surface area contributed by atoms with Gasteiger partial charge in [0.2, 0.25) is 0 Å². The molecule has 0 aliphatic carbocycles. The summed E-state index contributed by atoms with van der Waals surface area (Å²) in [5, 5.41) is 5.64. The average molecular weight is 322 g/mol. The third-order valence-corrected chi connectivity index (χ3v) is 4.27. The summed E-state index contributed by atoms with van der Waals surface area (Å²) in [7, 11) is 0. The molecule has 0 aliphatic heterocycles. The summed E-state index contributed by atoms with van der Waals surface area (Å²) in [5.41, 5.74) is 0.724. The Morgan fingerprint density at radius 3 is 2.75 bits per heavy atom. The van der Waals surface area contributed by atoms with Crippen LogP contribution in [0.2, 0.25) is 0 Å². The van der Waals surface area contributed by atoms with Crippen molar-refractivity contribution in [3.63, 3.8) is 0 Å². The normalized spacial score (nSPS) is 12.1. The topological polar surface area (TPSA) is 43.6 Å². The highest BCUT2D eigenvalue weighted by Crippen LogP contribution is 2.24. The van der Waals surface area contributed by atoms with E-state index in [9.17, 15) is 13.2 Å². The standard InChI is InChI=1S/C11H13F3N4S2/c1-3-19-10-16-8(5-20-10)4-9-15-7(2)17-18(9)6-11(12,13)14/h5H,3-4,6H2,1-2H3. The van der Waals surface area contributed by atoms with Crippen molar-refractivity contribution in [1.82, 2.24) is 19.7 Å². The van der Waals surface area contributed by atoms with Crippen molar-refractivity contribution < 1.29 is 13.2 Å². The molecule has 2 rings (SSSR count). The van der Waals surface area contributed by atoms with Gasteiger partial charge in [0.05, 0.1) is 12.1 Å². The molecule has 9 heteroatoms. The summed E-state index contributed by atoms with van der Waals surface area (Å²) < 4.78 is 39.2. The number of alkyl halides is 3. The lowest BCUT2D eigenvalue weighted by molar-refractivity contribution is -0.143. The van der Waals surface area contributed by atoms with Gasteiger partial charge in [-0.2, -0.15) is 18.3 Å². The Morgan fingerprint density at radius 1 is 1.35 bits per heavy atom. The number of aryl methyl sites for hydroxylation is 1. The van der Waals surface area contributed by atoms with Gasteiger partial charge in [0.15, 0.2) is 0 Å². The van der Waals surface area contributed by atoms with Gasteiger partial charge in [-0.1, -0.05) is 18.7 Å². The molecule has 0 unspecified atom stereocenters. The van der Waals surface area contributed by atoms with Gasteiger partial charge in [-0.15, -0.1) is 11.3 Å². The van der Waals surface area contributed by atoms with Crippen LogP contribution < -0.4 is 0 Å². The Bertz CT molecular complexity index is 576. The van der Waals surface area contributed by atoms with Crippen molar-refractivity contribution in [3.05, 3.63) is 22.7 Å². The van der Waals surface area contributed by atoms with Gasteiger partial charge in [-0.25, -0.2) is 14.6 Å². The van der Waals surface area contributed by atoms with E-state index in [2.05, 4.69) is 15.1 Å². The van der Waals surface area contributed by atoms with Crippen LogP contribution in [0.1, 0.15) is 24.3 Å². The van der Waals surface area contributed by atoms with Gasteiger partial charge in [0, 0.05) is 5.38 Å². The Hall–Kier alpha value is -1.09. The molecule has 0 N–H and O–H groups in total. The SMILES string of the molecule is CCSc1nc(Cc2nc(C)nn2CC(F)(F)F)cs1. The molecule has 0 saturated carbocycles. The van der Waals surface area contributed by atoms with E-state index in [1.807, 2.05) is 12.3 Å². The van der Waals surface area contributed by atoms with Crippen LogP contribution in [-0.4, -0.2) is 31.7 Å². The second-order valence-corrected chi connectivity index (χ2v) is 6.43. The summed E-state index contributed by atoms with van der Waals surface area (Å²) in [6, 6.07) is 0. The van der Waals surface area contributed by atoms with E-state index in [1.165, 1.54) is 11.3 Å². The summed E-state index contributed by atoms with van der Waals surface area (Å²) in [6.07, 6.45) is -4.04. The number of thiazole rings is 1. The Labute approximate surface area is 122 Å². The molecule has 2 aromatic rings. The monoisotopic (exact) mass is 322 g/mol. The molecule has 0 aromatic carbocycles. The van der Waals surface area contributed by atoms with E-state index in [4.69, 9.17) is 0 Å². The molecule has 20 heavy (non-hydrogen) atoms. The first-order valence-corrected chi connectivity index (χ1v) is 7.78. The molecule has 0 fully saturated rings. The molecule has 2 aromatic heterocycles. The Morgan fingerprint density at radius 2 is 2.10 bits per heavy atom. The molecule has 0 amide bonds. The number of hydrogen-bond donors (Lipinski definition) is 0. The number of hydrogen-bond acceptors (Lipinski definition) is 5. The molecule has 0 saturated heterocycles. The van der Waals surface area contributed by atoms with Gasteiger partial charge < -0.3 is 0 Å². The second kappa shape index (κ2) is 6.13. The van der Waals surface area contributed by atoms with E-state index in [-0.39, 0.29) is 12.2 Å². The van der Waals surface area contributed by atoms with Crippen molar-refractivity contribution in [1.29, 1.82) is 0 Å². The average Bonchev–Trinajstić information content (AvgIpc) is 2.86. The lowest BCUT2D eigenvalue weighted by Crippen LogP contribution is -2.20. The van der Waals surface area contributed by atoms with E-state index < -0.39 is 12.7 Å². The molecule has 0 radical (unpaired) electrons. The first kappa shape index (κ1) is 15.3.